The highest BCUT2D eigenvalue weighted by Gasteiger charge is 2.46. The van der Waals surface area contributed by atoms with E-state index in [1.807, 2.05) is 30.6 Å². The van der Waals surface area contributed by atoms with Gasteiger partial charge in [0.05, 0.1) is 6.54 Å². The zero-order chi connectivity index (χ0) is 31.4. The Morgan fingerprint density at radius 2 is 1.56 bits per heavy atom. The number of carboxylic acid groups (broad SMARTS) is 1. The highest BCUT2D eigenvalue weighted by Crippen LogP contribution is 2.42. The lowest BCUT2D eigenvalue weighted by Crippen LogP contribution is -2.53. The van der Waals surface area contributed by atoms with Crippen LogP contribution in [0.4, 0.5) is 0 Å². The Bertz CT molecular complexity index is 1520. The van der Waals surface area contributed by atoms with Crippen LogP contribution in [0.25, 0.3) is 0 Å². The summed E-state index contributed by atoms with van der Waals surface area (Å²) in [6.07, 6.45) is 5.01. The van der Waals surface area contributed by atoms with Crippen LogP contribution in [0.2, 0.25) is 5.02 Å². The lowest BCUT2D eigenvalue weighted by molar-refractivity contribution is -0.801. The number of aliphatic carboxylic acids is 1. The fraction of sp³-hybridized carbons (Fsp3) is 0.378. The van der Waals surface area contributed by atoms with E-state index in [1.165, 1.54) is 11.1 Å². The maximum atomic E-state index is 14.4. The molecule has 0 N–H and O–H groups in total. The van der Waals surface area contributed by atoms with Crippen molar-refractivity contribution in [3.63, 3.8) is 0 Å². The van der Waals surface area contributed by atoms with E-state index in [2.05, 4.69) is 72.5 Å². The topological polar surface area (TPSA) is 76.0 Å². The molecule has 2 atom stereocenters. The largest absolute Gasteiger partial charge is 0.550 e. The number of likely N-dealkylation sites (N-methyl/N-ethyl adjacent to an activating group) is 1. The monoisotopic (exact) mass is 624 g/mol. The summed E-state index contributed by atoms with van der Waals surface area (Å²) in [5, 5.41) is 12.4. The third-order valence-electron chi connectivity index (χ3n) is 10.1. The number of benzene rings is 3. The van der Waals surface area contributed by atoms with Crippen LogP contribution in [0.15, 0.2) is 101 Å². The van der Waals surface area contributed by atoms with Crippen LogP contribution in [-0.4, -0.2) is 71.8 Å². The number of nitrogens with zero attached hydrogens (tertiary/aromatic N) is 4. The molecule has 7 nitrogen and oxygen atoms in total. The van der Waals surface area contributed by atoms with E-state index in [0.29, 0.717) is 49.7 Å². The van der Waals surface area contributed by atoms with Crippen LogP contribution >= 0.6 is 11.6 Å². The fourth-order valence-electron chi connectivity index (χ4n) is 7.44. The van der Waals surface area contributed by atoms with Crippen molar-refractivity contribution in [3.05, 3.63) is 118 Å². The summed E-state index contributed by atoms with van der Waals surface area (Å²) >= 11 is 6.19. The molecule has 0 bridgehead atoms. The van der Waals surface area contributed by atoms with Crippen LogP contribution in [0.1, 0.15) is 49.3 Å². The predicted octanol–water partition coefficient (Wildman–Crippen LogP) is 5.00. The molecule has 6 rings (SSSR count). The Balaban J connectivity index is 1.30. The summed E-state index contributed by atoms with van der Waals surface area (Å²) in [4.78, 5) is 35.3. The molecule has 3 aliphatic heterocycles. The van der Waals surface area contributed by atoms with Crippen molar-refractivity contribution in [1.82, 2.24) is 9.80 Å². The number of carbonyl (C=O) groups is 2. The number of quaternary nitrogens is 1. The van der Waals surface area contributed by atoms with Crippen LogP contribution in [-0.2, 0) is 21.5 Å². The molecular formula is C37H41ClN4O3. The summed E-state index contributed by atoms with van der Waals surface area (Å²) in [5.74, 6) is -1.86. The number of hydrogen-bond acceptors (Lipinski definition) is 5. The molecule has 0 saturated carbocycles. The van der Waals surface area contributed by atoms with Gasteiger partial charge in [0.25, 0.3) is 0 Å². The first-order valence-corrected chi connectivity index (χ1v) is 16.4. The van der Waals surface area contributed by atoms with E-state index in [0.717, 1.165) is 37.2 Å². The minimum absolute atomic E-state index is 0.0729. The SMILES string of the molecule is CC[N+]1(Cc2ccc(Cl)cc2)C=NC(CN2CCC(c3ccccc3)(c3ccccc3)CC2)=C1C(=O)N1CCCC(C(=O)[O-])C1. The lowest BCUT2D eigenvalue weighted by atomic mass is 9.68. The summed E-state index contributed by atoms with van der Waals surface area (Å²) in [6.45, 7) is 6.27. The van der Waals surface area contributed by atoms with Gasteiger partial charge in [-0.2, -0.15) is 4.99 Å². The third kappa shape index (κ3) is 6.35. The summed E-state index contributed by atoms with van der Waals surface area (Å²) in [5.41, 5.74) is 5.08. The van der Waals surface area contributed by atoms with Gasteiger partial charge in [-0.05, 0) is 69.0 Å². The molecule has 3 heterocycles. The molecule has 0 aromatic heterocycles. The molecule has 0 spiro atoms. The van der Waals surface area contributed by atoms with Gasteiger partial charge in [0.15, 0.2) is 6.34 Å². The van der Waals surface area contributed by atoms with E-state index < -0.39 is 11.9 Å². The molecule has 2 fully saturated rings. The summed E-state index contributed by atoms with van der Waals surface area (Å²) in [6, 6.07) is 29.3. The third-order valence-corrected chi connectivity index (χ3v) is 10.3. The highest BCUT2D eigenvalue weighted by molar-refractivity contribution is 6.30. The number of carboxylic acids is 1. The van der Waals surface area contributed by atoms with Gasteiger partial charge in [-0.25, -0.2) is 4.48 Å². The second-order valence-corrected chi connectivity index (χ2v) is 13.1. The molecule has 8 heteroatoms. The Morgan fingerprint density at radius 1 is 0.933 bits per heavy atom. The average Bonchev–Trinajstić information content (AvgIpc) is 3.44. The quantitative estimate of drug-likeness (QED) is 0.314. The van der Waals surface area contributed by atoms with Crippen LogP contribution in [0.5, 0.6) is 0 Å². The van der Waals surface area contributed by atoms with Crippen LogP contribution < -0.4 is 5.11 Å². The molecule has 3 aromatic carbocycles. The molecule has 2 saturated heterocycles. The first kappa shape index (κ1) is 31.2. The predicted molar refractivity (Wildman–Crippen MR) is 175 cm³/mol. The molecule has 3 aliphatic rings. The second-order valence-electron chi connectivity index (χ2n) is 12.7. The minimum atomic E-state index is -1.09. The molecule has 234 valence electrons. The number of aliphatic imine (C=N–C) groups is 1. The van der Waals surface area contributed by atoms with Crippen molar-refractivity contribution in [1.29, 1.82) is 0 Å². The second kappa shape index (κ2) is 13.3. The molecule has 0 aliphatic carbocycles. The van der Waals surface area contributed by atoms with Gasteiger partial charge in [-0.3, -0.25) is 9.69 Å². The average molecular weight is 625 g/mol. The molecular weight excluding hydrogens is 584 g/mol. The summed E-state index contributed by atoms with van der Waals surface area (Å²) in [7, 11) is 0. The number of piperidine rings is 2. The van der Waals surface area contributed by atoms with Gasteiger partial charge in [-0.15, -0.1) is 0 Å². The van der Waals surface area contributed by atoms with Crippen molar-refractivity contribution < 1.29 is 19.2 Å². The van der Waals surface area contributed by atoms with E-state index in [1.54, 1.807) is 4.90 Å². The Morgan fingerprint density at radius 3 is 2.13 bits per heavy atom. The van der Waals surface area contributed by atoms with Gasteiger partial charge < -0.3 is 14.8 Å². The minimum Gasteiger partial charge on any atom is -0.550 e. The normalized spacial score (nSPS) is 23.3. The number of carbonyl (C=O) groups excluding carboxylic acids is 2. The molecule has 3 aromatic rings. The molecule has 1 amide bonds. The van der Waals surface area contributed by atoms with Crippen molar-refractivity contribution in [2.24, 2.45) is 10.9 Å². The number of halogens is 1. The first-order valence-electron chi connectivity index (χ1n) is 16.1. The summed E-state index contributed by atoms with van der Waals surface area (Å²) < 4.78 is 0.286. The Hall–Kier alpha value is -3.78. The van der Waals surface area contributed by atoms with E-state index >= 15 is 0 Å². The highest BCUT2D eigenvalue weighted by atomic mass is 35.5. The Kier molecular flexibility index (Phi) is 9.22. The molecule has 2 unspecified atom stereocenters. The number of amides is 1. The fourth-order valence-corrected chi connectivity index (χ4v) is 7.57. The number of likely N-dealkylation sites (tertiary alicyclic amines) is 2. The van der Waals surface area contributed by atoms with Crippen molar-refractivity contribution in [2.75, 3.05) is 39.3 Å². The smallest absolute Gasteiger partial charge is 0.310 e. The van der Waals surface area contributed by atoms with Crippen molar-refractivity contribution >= 4 is 29.8 Å². The van der Waals surface area contributed by atoms with Gasteiger partial charge >= 0.3 is 5.91 Å². The molecule has 0 radical (unpaired) electrons. The molecule has 45 heavy (non-hydrogen) atoms. The zero-order valence-corrected chi connectivity index (χ0v) is 26.7. The van der Waals surface area contributed by atoms with Crippen LogP contribution in [0, 0.1) is 5.92 Å². The van der Waals surface area contributed by atoms with E-state index in [4.69, 9.17) is 16.6 Å². The zero-order valence-electron chi connectivity index (χ0n) is 25.9. The van der Waals surface area contributed by atoms with Crippen molar-refractivity contribution in [2.45, 2.75) is 44.6 Å². The van der Waals surface area contributed by atoms with E-state index in [9.17, 15) is 14.7 Å². The lowest BCUT2D eigenvalue weighted by Gasteiger charge is -2.43. The maximum absolute atomic E-state index is 14.4. The van der Waals surface area contributed by atoms with E-state index in [-0.39, 0.29) is 22.3 Å². The van der Waals surface area contributed by atoms with Gasteiger partial charge in [0.2, 0.25) is 5.70 Å². The number of rotatable bonds is 9. The van der Waals surface area contributed by atoms with Gasteiger partial charge in [0, 0.05) is 47.5 Å². The number of hydrogen-bond donors (Lipinski definition) is 0. The van der Waals surface area contributed by atoms with Gasteiger partial charge in [-0.1, -0.05) is 84.4 Å². The van der Waals surface area contributed by atoms with Gasteiger partial charge in [0.1, 0.15) is 12.2 Å². The Labute approximate surface area is 271 Å². The standard InChI is InChI=1S/C37H41ClN4O3/c1-2-42(26-28-15-17-32(38)18-16-28)27-39-33(34(42)35(43)41-21-9-10-29(24-41)36(44)45)25-40-22-19-37(20-23-40,30-11-5-3-6-12-30)31-13-7-4-8-14-31/h3-8,11-18,27,29H,2,9-10,19-26H2,1H3. The van der Waals surface area contributed by atoms with Crippen molar-refractivity contribution in [3.8, 4) is 0 Å². The van der Waals surface area contributed by atoms with Crippen LogP contribution in [0.3, 0.4) is 0 Å². The maximum Gasteiger partial charge on any atom is 0.310 e. The first-order chi connectivity index (χ1) is 21.8.